The lowest BCUT2D eigenvalue weighted by molar-refractivity contribution is 0.699. The van der Waals surface area contributed by atoms with Crippen molar-refractivity contribution in [1.82, 2.24) is 5.32 Å². The molecule has 1 aromatic carbocycles. The van der Waals surface area contributed by atoms with Gasteiger partial charge < -0.3 is 5.32 Å². The van der Waals surface area contributed by atoms with Crippen LogP contribution in [0.15, 0.2) is 35.7 Å². The zero-order chi connectivity index (χ0) is 11.5. The van der Waals surface area contributed by atoms with Gasteiger partial charge in [-0.25, -0.2) is 0 Å². The summed E-state index contributed by atoms with van der Waals surface area (Å²) in [6.45, 7) is 4.32. The van der Waals surface area contributed by atoms with Gasteiger partial charge in [-0.3, -0.25) is 0 Å². The highest BCUT2D eigenvalue weighted by atomic mass is 32.1. The van der Waals surface area contributed by atoms with E-state index in [9.17, 15) is 0 Å². The molecule has 0 spiro atoms. The summed E-state index contributed by atoms with van der Waals surface area (Å²) < 4.78 is 0. The third-order valence-corrected chi connectivity index (χ3v) is 3.80. The van der Waals surface area contributed by atoms with Crippen molar-refractivity contribution in [3.63, 3.8) is 0 Å². The smallest absolute Gasteiger partial charge is 0.0671 e. The average Bonchev–Trinajstić information content (AvgIpc) is 2.78. The summed E-state index contributed by atoms with van der Waals surface area (Å²) in [5.74, 6) is 0. The highest BCUT2D eigenvalue weighted by Crippen LogP contribution is 2.28. The van der Waals surface area contributed by atoms with Gasteiger partial charge in [-0.1, -0.05) is 29.8 Å². The van der Waals surface area contributed by atoms with Crippen LogP contribution in [0.3, 0.4) is 0 Å². The van der Waals surface area contributed by atoms with Gasteiger partial charge in [-0.15, -0.1) is 11.3 Å². The second-order valence-electron chi connectivity index (χ2n) is 4.10. The molecule has 0 aliphatic carbocycles. The summed E-state index contributed by atoms with van der Waals surface area (Å²) in [5.41, 5.74) is 4.04. The molecule has 0 fully saturated rings. The zero-order valence-corrected chi connectivity index (χ0v) is 10.8. The van der Waals surface area contributed by atoms with E-state index in [1.54, 1.807) is 11.3 Å². The highest BCUT2D eigenvalue weighted by molar-refractivity contribution is 7.10. The van der Waals surface area contributed by atoms with Gasteiger partial charge in [0.25, 0.3) is 0 Å². The van der Waals surface area contributed by atoms with Crippen LogP contribution in [0.1, 0.15) is 27.6 Å². The minimum absolute atomic E-state index is 0.319. The summed E-state index contributed by atoms with van der Waals surface area (Å²) in [4.78, 5) is 1.37. The van der Waals surface area contributed by atoms with Gasteiger partial charge >= 0.3 is 0 Å². The zero-order valence-electron chi connectivity index (χ0n) is 9.95. The number of thiophene rings is 1. The van der Waals surface area contributed by atoms with Crippen LogP contribution in [0.5, 0.6) is 0 Å². The molecule has 2 rings (SSSR count). The molecular formula is C14H17NS. The van der Waals surface area contributed by atoms with Gasteiger partial charge in [-0.2, -0.15) is 0 Å². The Labute approximate surface area is 101 Å². The maximum Gasteiger partial charge on any atom is 0.0671 e. The fraction of sp³-hybridized carbons (Fsp3) is 0.286. The Bertz CT molecular complexity index is 460. The number of hydrogen-bond acceptors (Lipinski definition) is 2. The van der Waals surface area contributed by atoms with E-state index in [-0.39, 0.29) is 0 Å². The normalized spacial score (nSPS) is 12.7. The molecule has 84 valence electrons. The van der Waals surface area contributed by atoms with E-state index in [0.29, 0.717) is 6.04 Å². The monoisotopic (exact) mass is 231 g/mol. The maximum absolute atomic E-state index is 3.40. The predicted molar refractivity (Wildman–Crippen MR) is 71.1 cm³/mol. The number of rotatable bonds is 3. The Morgan fingerprint density at radius 3 is 2.62 bits per heavy atom. The molecule has 0 saturated heterocycles. The van der Waals surface area contributed by atoms with Gasteiger partial charge in [0.05, 0.1) is 6.04 Å². The van der Waals surface area contributed by atoms with Crippen molar-refractivity contribution in [2.24, 2.45) is 0 Å². The summed E-state index contributed by atoms with van der Waals surface area (Å²) in [6, 6.07) is 11.3. The summed E-state index contributed by atoms with van der Waals surface area (Å²) >= 11 is 1.80. The van der Waals surface area contributed by atoms with E-state index in [4.69, 9.17) is 0 Å². The van der Waals surface area contributed by atoms with Crippen LogP contribution >= 0.6 is 11.3 Å². The third kappa shape index (κ3) is 2.18. The SMILES string of the molecule is CNC(c1cccs1)c1cc(C)ccc1C. The lowest BCUT2D eigenvalue weighted by Crippen LogP contribution is -2.17. The van der Waals surface area contributed by atoms with Crippen LogP contribution in [-0.4, -0.2) is 7.05 Å². The van der Waals surface area contributed by atoms with Gasteiger partial charge in [0.15, 0.2) is 0 Å². The van der Waals surface area contributed by atoms with Crippen LogP contribution in [0.4, 0.5) is 0 Å². The Morgan fingerprint density at radius 1 is 1.19 bits per heavy atom. The molecule has 1 atom stereocenters. The second kappa shape index (κ2) is 4.81. The Kier molecular flexibility index (Phi) is 3.42. The van der Waals surface area contributed by atoms with Gasteiger partial charge in [0.2, 0.25) is 0 Å². The summed E-state index contributed by atoms with van der Waals surface area (Å²) in [6.07, 6.45) is 0. The highest BCUT2D eigenvalue weighted by Gasteiger charge is 2.14. The van der Waals surface area contributed by atoms with Crippen LogP contribution in [0.25, 0.3) is 0 Å². The molecule has 1 heterocycles. The van der Waals surface area contributed by atoms with Crippen LogP contribution < -0.4 is 5.32 Å². The molecule has 1 N–H and O–H groups in total. The van der Waals surface area contributed by atoms with Gasteiger partial charge in [-0.05, 0) is 43.5 Å². The molecule has 0 radical (unpaired) electrons. The Hall–Kier alpha value is -1.12. The van der Waals surface area contributed by atoms with Crippen LogP contribution in [0.2, 0.25) is 0 Å². The van der Waals surface area contributed by atoms with Crippen LogP contribution in [-0.2, 0) is 0 Å². The largest absolute Gasteiger partial charge is 0.309 e. The number of benzene rings is 1. The third-order valence-electron chi connectivity index (χ3n) is 2.86. The molecule has 1 nitrogen and oxygen atoms in total. The minimum Gasteiger partial charge on any atom is -0.309 e. The fourth-order valence-electron chi connectivity index (χ4n) is 1.98. The van der Waals surface area contributed by atoms with E-state index < -0.39 is 0 Å². The number of aryl methyl sites for hydroxylation is 2. The molecule has 2 heteroatoms. The molecule has 16 heavy (non-hydrogen) atoms. The molecule has 0 amide bonds. The molecule has 0 saturated carbocycles. The number of hydrogen-bond donors (Lipinski definition) is 1. The van der Waals surface area contributed by atoms with Crippen molar-refractivity contribution in [2.75, 3.05) is 7.05 Å². The summed E-state index contributed by atoms with van der Waals surface area (Å²) in [7, 11) is 2.02. The first kappa shape index (κ1) is 11.4. The van der Waals surface area contributed by atoms with E-state index in [1.807, 2.05) is 7.05 Å². The van der Waals surface area contributed by atoms with Crippen molar-refractivity contribution in [2.45, 2.75) is 19.9 Å². The van der Waals surface area contributed by atoms with Crippen molar-refractivity contribution < 1.29 is 0 Å². The molecule has 1 unspecified atom stereocenters. The van der Waals surface area contributed by atoms with Crippen molar-refractivity contribution >= 4 is 11.3 Å². The molecular weight excluding hydrogens is 214 g/mol. The van der Waals surface area contributed by atoms with E-state index in [1.165, 1.54) is 21.6 Å². The van der Waals surface area contributed by atoms with Crippen molar-refractivity contribution in [3.8, 4) is 0 Å². The first-order valence-electron chi connectivity index (χ1n) is 5.50. The first-order chi connectivity index (χ1) is 7.72. The first-order valence-corrected chi connectivity index (χ1v) is 6.38. The minimum atomic E-state index is 0.319. The average molecular weight is 231 g/mol. The van der Waals surface area contributed by atoms with Crippen LogP contribution in [0, 0.1) is 13.8 Å². The molecule has 0 bridgehead atoms. The quantitative estimate of drug-likeness (QED) is 0.850. The predicted octanol–water partition coefficient (Wildman–Crippen LogP) is 3.67. The molecule has 2 aromatic rings. The topological polar surface area (TPSA) is 12.0 Å². The lowest BCUT2D eigenvalue weighted by Gasteiger charge is -2.18. The van der Waals surface area contributed by atoms with Gasteiger partial charge in [0.1, 0.15) is 0 Å². The fourth-order valence-corrected chi connectivity index (χ4v) is 2.83. The second-order valence-corrected chi connectivity index (χ2v) is 5.08. The Morgan fingerprint density at radius 2 is 2.00 bits per heavy atom. The molecule has 0 aliphatic rings. The molecule has 1 aromatic heterocycles. The number of nitrogens with one attached hydrogen (secondary N) is 1. The molecule has 0 aliphatic heterocycles. The Balaban J connectivity index is 2.44. The van der Waals surface area contributed by atoms with Gasteiger partial charge in [0, 0.05) is 4.88 Å². The standard InChI is InChI=1S/C14H17NS/c1-10-6-7-11(2)12(9-10)14(15-3)13-5-4-8-16-13/h4-9,14-15H,1-3H3. The van der Waals surface area contributed by atoms with Crippen molar-refractivity contribution in [3.05, 3.63) is 57.3 Å². The maximum atomic E-state index is 3.40. The van der Waals surface area contributed by atoms with Crippen molar-refractivity contribution in [1.29, 1.82) is 0 Å². The van der Waals surface area contributed by atoms with E-state index in [0.717, 1.165) is 0 Å². The lowest BCUT2D eigenvalue weighted by atomic mass is 9.98. The van der Waals surface area contributed by atoms with E-state index >= 15 is 0 Å². The summed E-state index contributed by atoms with van der Waals surface area (Å²) in [5, 5.41) is 5.53. The van der Waals surface area contributed by atoms with E-state index in [2.05, 4.69) is 54.9 Å².